The van der Waals surface area contributed by atoms with Gasteiger partial charge in [-0.05, 0) is 50.2 Å². The number of nitrogens with one attached hydrogen (secondary N) is 3. The molecular weight excluding hydrogens is 528 g/mol. The summed E-state index contributed by atoms with van der Waals surface area (Å²) in [5.74, 6) is 1.90. The number of sulfonamides is 1. The van der Waals surface area contributed by atoms with Crippen LogP contribution >= 0.6 is 11.6 Å². The molecule has 206 valence electrons. The molecule has 0 aliphatic heterocycles. The Bertz CT molecular complexity index is 1340. The van der Waals surface area contributed by atoms with Gasteiger partial charge in [0.25, 0.3) is 0 Å². The van der Waals surface area contributed by atoms with Gasteiger partial charge in [0.15, 0.2) is 5.82 Å². The molecule has 0 saturated heterocycles. The molecule has 12 heteroatoms. The predicted octanol–water partition coefficient (Wildman–Crippen LogP) is 5.42. The highest BCUT2D eigenvalue weighted by molar-refractivity contribution is 7.92. The van der Waals surface area contributed by atoms with E-state index in [4.69, 9.17) is 21.1 Å². The van der Waals surface area contributed by atoms with E-state index < -0.39 is 10.0 Å². The highest BCUT2D eigenvalue weighted by atomic mass is 35.5. The number of methoxy groups -OCH3 is 1. The Balaban J connectivity index is 1.80. The summed E-state index contributed by atoms with van der Waals surface area (Å²) in [4.78, 5) is 11.1. The third-order valence-corrected chi connectivity index (χ3v) is 6.60. The first-order chi connectivity index (χ1) is 18.1. The van der Waals surface area contributed by atoms with Crippen LogP contribution in [0, 0.1) is 6.92 Å². The van der Waals surface area contributed by atoms with Crippen molar-refractivity contribution in [3.63, 3.8) is 0 Å². The maximum Gasteiger partial charge on any atom is 0.229 e. The molecule has 0 saturated carbocycles. The summed E-state index contributed by atoms with van der Waals surface area (Å²) in [6, 6.07) is 10.6. The lowest BCUT2D eigenvalue weighted by atomic mass is 10.2. The maximum atomic E-state index is 11.8. The Morgan fingerprint density at radius 2 is 1.74 bits per heavy atom. The Morgan fingerprint density at radius 3 is 2.39 bits per heavy atom. The summed E-state index contributed by atoms with van der Waals surface area (Å²) in [6.45, 7) is 9.88. The largest absolute Gasteiger partial charge is 0.495 e. The van der Waals surface area contributed by atoms with Crippen molar-refractivity contribution in [1.29, 1.82) is 0 Å². The lowest BCUT2D eigenvalue weighted by molar-refractivity contribution is 0.248. The maximum absolute atomic E-state index is 11.8. The summed E-state index contributed by atoms with van der Waals surface area (Å²) in [5.41, 5.74) is 2.42. The minimum absolute atomic E-state index is 0.262. The van der Waals surface area contributed by atoms with E-state index in [9.17, 15) is 8.42 Å². The molecule has 0 spiro atoms. The van der Waals surface area contributed by atoms with E-state index in [1.165, 1.54) is 6.20 Å². The molecule has 0 fully saturated rings. The van der Waals surface area contributed by atoms with E-state index in [0.29, 0.717) is 35.2 Å². The van der Waals surface area contributed by atoms with Crippen molar-refractivity contribution in [2.45, 2.75) is 27.2 Å². The lowest BCUT2D eigenvalue weighted by Crippen LogP contribution is -2.25. The highest BCUT2D eigenvalue weighted by Crippen LogP contribution is 2.35. The van der Waals surface area contributed by atoms with Crippen LogP contribution in [-0.4, -0.2) is 62.9 Å². The van der Waals surface area contributed by atoms with Gasteiger partial charge in [0.1, 0.15) is 16.5 Å². The molecule has 0 amide bonds. The first kappa shape index (κ1) is 29.3. The van der Waals surface area contributed by atoms with Gasteiger partial charge in [-0.15, -0.1) is 0 Å². The smallest absolute Gasteiger partial charge is 0.229 e. The number of para-hydroxylation sites is 2. The van der Waals surface area contributed by atoms with Gasteiger partial charge in [0.05, 0.1) is 43.2 Å². The zero-order chi connectivity index (χ0) is 27.7. The quantitative estimate of drug-likeness (QED) is 0.221. The summed E-state index contributed by atoms with van der Waals surface area (Å²) in [6.07, 6.45) is 3.46. The SMILES string of the molecule is CCN(CC)CCCOc1cc(Nc2ncc(Cl)c(Nc3ccccc3NS(C)(=O)=O)n2)c(OC)cc1C. The van der Waals surface area contributed by atoms with Gasteiger partial charge in [-0.2, -0.15) is 4.98 Å². The van der Waals surface area contributed by atoms with E-state index in [-0.39, 0.29) is 11.0 Å². The minimum atomic E-state index is -3.48. The van der Waals surface area contributed by atoms with Gasteiger partial charge in [-0.1, -0.05) is 37.6 Å². The number of hydrogen-bond acceptors (Lipinski definition) is 9. The second kappa shape index (κ2) is 13.5. The zero-order valence-corrected chi connectivity index (χ0v) is 23.9. The van der Waals surface area contributed by atoms with E-state index in [0.717, 1.165) is 43.6 Å². The monoisotopic (exact) mass is 562 g/mol. The van der Waals surface area contributed by atoms with Gasteiger partial charge in [-0.3, -0.25) is 4.72 Å². The topological polar surface area (TPSA) is 118 Å². The number of nitrogens with zero attached hydrogens (tertiary/aromatic N) is 3. The molecule has 0 radical (unpaired) electrons. The summed E-state index contributed by atoms with van der Waals surface area (Å²) < 4.78 is 37.6. The number of ether oxygens (including phenoxy) is 2. The Hall–Kier alpha value is -3.28. The Morgan fingerprint density at radius 1 is 1.03 bits per heavy atom. The van der Waals surface area contributed by atoms with Crippen LogP contribution in [0.25, 0.3) is 0 Å². The first-order valence-electron chi connectivity index (χ1n) is 12.3. The Labute approximate surface area is 229 Å². The van der Waals surface area contributed by atoms with Gasteiger partial charge >= 0.3 is 0 Å². The van der Waals surface area contributed by atoms with Crippen molar-refractivity contribution in [3.05, 3.63) is 53.2 Å². The standard InChI is InChI=1S/C26H35ClN6O4S/c1-6-33(7-2)13-10-14-37-23-16-22(24(36-4)15-18(23)3)30-26-28-17-19(27)25(31-26)29-20-11-8-9-12-21(20)32-38(5,34)35/h8-9,11-12,15-17,32H,6-7,10,13-14H2,1-5H3,(H2,28,29,30,31). The summed E-state index contributed by atoms with van der Waals surface area (Å²) in [7, 11) is -1.89. The highest BCUT2D eigenvalue weighted by Gasteiger charge is 2.14. The Kier molecular flexibility index (Phi) is 10.4. The molecule has 3 aromatic rings. The van der Waals surface area contributed by atoms with Crippen molar-refractivity contribution < 1.29 is 17.9 Å². The number of aryl methyl sites for hydroxylation is 1. The van der Waals surface area contributed by atoms with Gasteiger partial charge in [0.2, 0.25) is 16.0 Å². The average molecular weight is 563 g/mol. The predicted molar refractivity (Wildman–Crippen MR) is 154 cm³/mol. The second-order valence-corrected chi connectivity index (χ2v) is 10.8. The molecule has 0 bridgehead atoms. The molecule has 0 atom stereocenters. The molecule has 2 aromatic carbocycles. The lowest BCUT2D eigenvalue weighted by Gasteiger charge is -2.19. The fraction of sp³-hybridized carbons (Fsp3) is 0.385. The molecule has 0 unspecified atom stereocenters. The van der Waals surface area contributed by atoms with Crippen molar-refractivity contribution >= 4 is 50.5 Å². The summed E-state index contributed by atoms with van der Waals surface area (Å²) in [5, 5.41) is 6.52. The van der Waals surface area contributed by atoms with Gasteiger partial charge < -0.3 is 25.0 Å². The van der Waals surface area contributed by atoms with Crippen LogP contribution in [0.1, 0.15) is 25.8 Å². The minimum Gasteiger partial charge on any atom is -0.495 e. The molecule has 0 aliphatic carbocycles. The molecule has 3 rings (SSSR count). The van der Waals surface area contributed by atoms with E-state index in [1.807, 2.05) is 19.1 Å². The van der Waals surface area contributed by atoms with E-state index >= 15 is 0 Å². The van der Waals surface area contributed by atoms with Crippen molar-refractivity contribution in [1.82, 2.24) is 14.9 Å². The number of benzene rings is 2. The van der Waals surface area contributed by atoms with Crippen LogP contribution in [0.2, 0.25) is 5.02 Å². The third-order valence-electron chi connectivity index (χ3n) is 5.73. The number of halogens is 1. The zero-order valence-electron chi connectivity index (χ0n) is 22.3. The first-order valence-corrected chi connectivity index (χ1v) is 14.6. The van der Waals surface area contributed by atoms with E-state index in [1.54, 1.807) is 31.4 Å². The average Bonchev–Trinajstić information content (AvgIpc) is 2.87. The van der Waals surface area contributed by atoms with Gasteiger partial charge in [-0.25, -0.2) is 13.4 Å². The normalized spacial score (nSPS) is 11.3. The number of rotatable bonds is 14. The molecule has 3 N–H and O–H groups in total. The molecular formula is C26H35ClN6O4S. The number of anilines is 5. The van der Waals surface area contributed by atoms with E-state index in [2.05, 4.69) is 44.1 Å². The van der Waals surface area contributed by atoms with Gasteiger partial charge in [0, 0.05) is 12.6 Å². The number of aromatic nitrogens is 2. The van der Waals surface area contributed by atoms with Crippen LogP contribution in [0.3, 0.4) is 0 Å². The summed E-state index contributed by atoms with van der Waals surface area (Å²) >= 11 is 6.35. The van der Waals surface area contributed by atoms with Crippen LogP contribution in [-0.2, 0) is 10.0 Å². The molecule has 1 heterocycles. The van der Waals surface area contributed by atoms with Crippen LogP contribution in [0.5, 0.6) is 11.5 Å². The molecule has 1 aromatic heterocycles. The number of hydrogen-bond donors (Lipinski definition) is 3. The fourth-order valence-electron chi connectivity index (χ4n) is 3.74. The van der Waals surface area contributed by atoms with Crippen molar-refractivity contribution in [2.24, 2.45) is 0 Å². The molecule has 0 aliphatic rings. The molecule has 38 heavy (non-hydrogen) atoms. The van der Waals surface area contributed by atoms with Crippen molar-refractivity contribution in [3.8, 4) is 11.5 Å². The van der Waals surface area contributed by atoms with Crippen LogP contribution < -0.4 is 24.8 Å². The van der Waals surface area contributed by atoms with Crippen LogP contribution in [0.4, 0.5) is 28.8 Å². The van der Waals surface area contributed by atoms with Crippen molar-refractivity contribution in [2.75, 3.05) is 55.0 Å². The van der Waals surface area contributed by atoms with Crippen LogP contribution in [0.15, 0.2) is 42.6 Å². The third kappa shape index (κ3) is 8.37. The molecule has 10 nitrogen and oxygen atoms in total. The second-order valence-electron chi connectivity index (χ2n) is 8.61. The fourth-order valence-corrected chi connectivity index (χ4v) is 4.45.